The number of nitrogens with zero attached hydrogens (tertiary/aromatic N) is 1. The van der Waals surface area contributed by atoms with Crippen LogP contribution in [0.3, 0.4) is 0 Å². The molecule has 0 aliphatic rings. The Morgan fingerprint density at radius 3 is 2.61 bits per heavy atom. The number of amides is 1. The molecule has 23 heavy (non-hydrogen) atoms. The van der Waals surface area contributed by atoms with Gasteiger partial charge in [0.2, 0.25) is 0 Å². The summed E-state index contributed by atoms with van der Waals surface area (Å²) in [6, 6.07) is 13.9. The molecule has 2 N–H and O–H groups in total. The number of anilines is 1. The van der Waals surface area contributed by atoms with Crippen LogP contribution in [0.1, 0.15) is 10.4 Å². The second-order valence-corrected chi connectivity index (χ2v) is 5.60. The van der Waals surface area contributed by atoms with E-state index in [1.165, 1.54) is 17.4 Å². The summed E-state index contributed by atoms with van der Waals surface area (Å²) in [6.45, 7) is 0. The van der Waals surface area contributed by atoms with Crippen molar-refractivity contribution in [3.63, 3.8) is 0 Å². The molecule has 116 valence electrons. The number of benzene rings is 2. The number of phenols is 1. The fourth-order valence-corrected chi connectivity index (χ4v) is 2.77. The number of ether oxygens (including phenoxy) is 1. The minimum atomic E-state index is -0.390. The van der Waals surface area contributed by atoms with Gasteiger partial charge in [-0.3, -0.25) is 10.1 Å². The molecule has 1 aromatic heterocycles. The number of para-hydroxylation sites is 1. The molecular weight excluding hydrogens is 312 g/mol. The number of rotatable bonds is 4. The highest BCUT2D eigenvalue weighted by atomic mass is 32.1. The SMILES string of the molecule is COc1ccc(-c2csc(NC(=O)c3ccccc3O)n2)cc1. The standard InChI is InChI=1S/C17H14N2O3S/c1-22-12-8-6-11(7-9-12)14-10-23-17(18-14)19-16(21)13-4-2-3-5-15(13)20/h2-10,20H,1H3,(H,18,19,21). The van der Waals surface area contributed by atoms with Crippen LogP contribution in [-0.4, -0.2) is 23.1 Å². The summed E-state index contributed by atoms with van der Waals surface area (Å²) in [7, 11) is 1.62. The van der Waals surface area contributed by atoms with Gasteiger partial charge in [-0.15, -0.1) is 11.3 Å². The Hall–Kier alpha value is -2.86. The number of nitrogens with one attached hydrogen (secondary N) is 1. The van der Waals surface area contributed by atoms with Gasteiger partial charge in [-0.05, 0) is 36.4 Å². The largest absolute Gasteiger partial charge is 0.507 e. The number of hydrogen-bond donors (Lipinski definition) is 2. The summed E-state index contributed by atoms with van der Waals surface area (Å²) in [5.74, 6) is 0.327. The van der Waals surface area contributed by atoms with Crippen molar-refractivity contribution in [1.82, 2.24) is 4.98 Å². The van der Waals surface area contributed by atoms with Crippen molar-refractivity contribution in [1.29, 1.82) is 0 Å². The summed E-state index contributed by atoms with van der Waals surface area (Å²) < 4.78 is 5.12. The van der Waals surface area contributed by atoms with Crippen LogP contribution in [0.5, 0.6) is 11.5 Å². The first-order valence-corrected chi connectivity index (χ1v) is 7.74. The summed E-state index contributed by atoms with van der Waals surface area (Å²) >= 11 is 1.33. The normalized spacial score (nSPS) is 10.3. The van der Waals surface area contributed by atoms with Crippen molar-refractivity contribution in [3.05, 3.63) is 59.5 Å². The second kappa shape index (κ2) is 6.50. The summed E-state index contributed by atoms with van der Waals surface area (Å²) in [6.07, 6.45) is 0. The Labute approximate surface area is 137 Å². The first kappa shape index (κ1) is 15.1. The van der Waals surface area contributed by atoms with Crippen LogP contribution in [0, 0.1) is 0 Å². The average Bonchev–Trinajstić information content (AvgIpc) is 3.03. The third-order valence-electron chi connectivity index (χ3n) is 3.26. The Kier molecular flexibility index (Phi) is 4.25. The number of thiazole rings is 1. The first-order valence-electron chi connectivity index (χ1n) is 6.86. The van der Waals surface area contributed by atoms with Crippen molar-refractivity contribution in [3.8, 4) is 22.8 Å². The van der Waals surface area contributed by atoms with Crippen molar-refractivity contribution in [2.45, 2.75) is 0 Å². The molecule has 2 aromatic carbocycles. The lowest BCUT2D eigenvalue weighted by Crippen LogP contribution is -2.11. The summed E-state index contributed by atoms with van der Waals surface area (Å²) in [4.78, 5) is 16.5. The van der Waals surface area contributed by atoms with E-state index in [1.807, 2.05) is 29.6 Å². The van der Waals surface area contributed by atoms with Gasteiger partial charge < -0.3 is 9.84 Å². The van der Waals surface area contributed by atoms with Gasteiger partial charge in [0, 0.05) is 10.9 Å². The van der Waals surface area contributed by atoms with Crippen LogP contribution < -0.4 is 10.1 Å². The molecule has 6 heteroatoms. The molecule has 3 rings (SSSR count). The van der Waals surface area contributed by atoms with Crippen molar-refractivity contribution in [2.75, 3.05) is 12.4 Å². The monoisotopic (exact) mass is 326 g/mol. The quantitative estimate of drug-likeness (QED) is 0.765. The smallest absolute Gasteiger partial charge is 0.261 e. The van der Waals surface area contributed by atoms with E-state index in [0.29, 0.717) is 5.13 Å². The lowest BCUT2D eigenvalue weighted by molar-refractivity contribution is 0.102. The van der Waals surface area contributed by atoms with E-state index in [4.69, 9.17) is 4.74 Å². The van der Waals surface area contributed by atoms with Gasteiger partial charge in [0.1, 0.15) is 11.5 Å². The highest BCUT2D eigenvalue weighted by Crippen LogP contribution is 2.27. The first-order chi connectivity index (χ1) is 11.2. The van der Waals surface area contributed by atoms with Gasteiger partial charge >= 0.3 is 0 Å². The third kappa shape index (κ3) is 3.32. The molecule has 3 aromatic rings. The fraction of sp³-hybridized carbons (Fsp3) is 0.0588. The van der Waals surface area contributed by atoms with E-state index < -0.39 is 5.91 Å². The van der Waals surface area contributed by atoms with Gasteiger partial charge in [0.25, 0.3) is 5.91 Å². The van der Waals surface area contributed by atoms with Crippen LogP contribution in [0.25, 0.3) is 11.3 Å². The van der Waals surface area contributed by atoms with E-state index >= 15 is 0 Å². The molecule has 0 aliphatic heterocycles. The molecule has 0 radical (unpaired) electrons. The number of carbonyl (C=O) groups is 1. The molecular formula is C17H14N2O3S. The van der Waals surface area contributed by atoms with Gasteiger partial charge in [-0.1, -0.05) is 12.1 Å². The number of carbonyl (C=O) groups excluding carboxylic acids is 1. The zero-order valence-corrected chi connectivity index (χ0v) is 13.1. The lowest BCUT2D eigenvalue weighted by atomic mass is 10.2. The van der Waals surface area contributed by atoms with Crippen LogP contribution in [0.4, 0.5) is 5.13 Å². The van der Waals surface area contributed by atoms with Gasteiger partial charge in [-0.25, -0.2) is 4.98 Å². The topological polar surface area (TPSA) is 71.5 Å². The Balaban J connectivity index is 1.76. The molecule has 0 unspecified atom stereocenters. The van der Waals surface area contributed by atoms with E-state index in [0.717, 1.165) is 17.0 Å². The van der Waals surface area contributed by atoms with Gasteiger partial charge in [-0.2, -0.15) is 0 Å². The van der Waals surface area contributed by atoms with Crippen molar-refractivity contribution >= 4 is 22.4 Å². The van der Waals surface area contributed by atoms with Crippen LogP contribution in [0.15, 0.2) is 53.9 Å². The number of aromatic hydroxyl groups is 1. The van der Waals surface area contributed by atoms with Crippen molar-refractivity contribution < 1.29 is 14.6 Å². The molecule has 0 saturated carbocycles. The van der Waals surface area contributed by atoms with E-state index in [1.54, 1.807) is 25.3 Å². The molecule has 5 nitrogen and oxygen atoms in total. The molecule has 1 heterocycles. The Morgan fingerprint density at radius 1 is 1.17 bits per heavy atom. The number of phenolic OH excluding ortho intramolecular Hbond substituents is 1. The van der Waals surface area contributed by atoms with Gasteiger partial charge in [0.05, 0.1) is 18.4 Å². The van der Waals surface area contributed by atoms with E-state index in [9.17, 15) is 9.90 Å². The predicted octanol–water partition coefficient (Wildman–Crippen LogP) is 3.78. The second-order valence-electron chi connectivity index (χ2n) is 4.74. The molecule has 1 amide bonds. The molecule has 0 spiro atoms. The molecule has 0 aliphatic carbocycles. The molecule has 0 fully saturated rings. The lowest BCUT2D eigenvalue weighted by Gasteiger charge is -2.03. The van der Waals surface area contributed by atoms with Crippen molar-refractivity contribution in [2.24, 2.45) is 0 Å². The maximum Gasteiger partial charge on any atom is 0.261 e. The van der Waals surface area contributed by atoms with Gasteiger partial charge in [0.15, 0.2) is 5.13 Å². The van der Waals surface area contributed by atoms with Crippen LogP contribution in [-0.2, 0) is 0 Å². The summed E-state index contributed by atoms with van der Waals surface area (Å²) in [5.41, 5.74) is 1.92. The number of methoxy groups -OCH3 is 1. The number of hydrogen-bond acceptors (Lipinski definition) is 5. The minimum Gasteiger partial charge on any atom is -0.507 e. The molecule has 0 atom stereocenters. The summed E-state index contributed by atoms with van der Waals surface area (Å²) in [5, 5.41) is 14.7. The van der Waals surface area contributed by atoms with Crippen LogP contribution >= 0.6 is 11.3 Å². The Morgan fingerprint density at radius 2 is 1.91 bits per heavy atom. The predicted molar refractivity (Wildman–Crippen MR) is 90.2 cm³/mol. The minimum absolute atomic E-state index is 0.0584. The molecule has 0 saturated heterocycles. The third-order valence-corrected chi connectivity index (χ3v) is 4.02. The van der Waals surface area contributed by atoms with Crippen LogP contribution in [0.2, 0.25) is 0 Å². The van der Waals surface area contributed by atoms with E-state index in [-0.39, 0.29) is 11.3 Å². The zero-order valence-electron chi connectivity index (χ0n) is 12.3. The maximum atomic E-state index is 12.1. The fourth-order valence-electron chi connectivity index (χ4n) is 2.06. The molecule has 0 bridgehead atoms. The maximum absolute atomic E-state index is 12.1. The van der Waals surface area contributed by atoms with E-state index in [2.05, 4.69) is 10.3 Å². The highest BCUT2D eigenvalue weighted by Gasteiger charge is 2.13. The Bertz CT molecular complexity index is 828. The number of aromatic nitrogens is 1. The average molecular weight is 326 g/mol. The zero-order chi connectivity index (χ0) is 16.2. The highest BCUT2D eigenvalue weighted by molar-refractivity contribution is 7.14.